The van der Waals surface area contributed by atoms with Crippen LogP contribution >= 0.6 is 0 Å². The van der Waals surface area contributed by atoms with Crippen LogP contribution in [0, 0.1) is 11.3 Å². The molecule has 3 amide bonds. The highest BCUT2D eigenvalue weighted by atomic mass is 16.4. The fourth-order valence-electron chi connectivity index (χ4n) is 3.44. The molecule has 2 aliphatic rings. The highest BCUT2D eigenvalue weighted by Gasteiger charge is 2.54. The Hall–Kier alpha value is -1.63. The number of carboxylic acid groups (broad SMARTS) is 1. The van der Waals surface area contributed by atoms with Gasteiger partial charge in [0, 0.05) is 19.6 Å². The molecule has 2 atom stereocenters. The second kappa shape index (κ2) is 5.78. The Balaban J connectivity index is 1.89. The summed E-state index contributed by atoms with van der Waals surface area (Å²) < 4.78 is 0. The Labute approximate surface area is 117 Å². The van der Waals surface area contributed by atoms with Crippen molar-refractivity contribution in [2.45, 2.75) is 26.2 Å². The maximum atomic E-state index is 11.7. The molecule has 0 radical (unpaired) electrons. The minimum Gasteiger partial charge on any atom is -0.481 e. The lowest BCUT2D eigenvalue weighted by Gasteiger charge is -2.23. The van der Waals surface area contributed by atoms with Crippen LogP contribution in [0.5, 0.6) is 0 Å². The number of likely N-dealkylation sites (tertiary alicyclic amines) is 1. The predicted octanol–water partition coefficient (Wildman–Crippen LogP) is 0.0188. The number of carbonyl (C=O) groups excluding carboxylic acids is 2. The van der Waals surface area contributed by atoms with Crippen molar-refractivity contribution in [3.8, 4) is 0 Å². The van der Waals surface area contributed by atoms with Crippen molar-refractivity contribution in [1.82, 2.24) is 15.5 Å². The molecule has 0 bridgehead atoms. The number of amides is 3. The molecule has 7 nitrogen and oxygen atoms in total. The Morgan fingerprint density at radius 2 is 2.15 bits per heavy atom. The lowest BCUT2D eigenvalue weighted by molar-refractivity contribution is -0.149. The standard InChI is InChI=1S/C13H21N3O4/c1-2-14-12(20)15-10(17)7-16-6-9-4-3-5-13(9,8-16)11(18)19/h9H,2-8H2,1H3,(H,18,19)(H2,14,15,17,20)/t9-,13+/m0/s1. The molecule has 1 aliphatic heterocycles. The van der Waals surface area contributed by atoms with Gasteiger partial charge in [0.1, 0.15) is 0 Å². The van der Waals surface area contributed by atoms with Gasteiger partial charge in [-0.3, -0.25) is 19.8 Å². The van der Waals surface area contributed by atoms with Crippen molar-refractivity contribution in [1.29, 1.82) is 0 Å². The predicted molar refractivity (Wildman–Crippen MR) is 71.1 cm³/mol. The summed E-state index contributed by atoms with van der Waals surface area (Å²) in [5.74, 6) is -1.03. The zero-order valence-corrected chi connectivity index (χ0v) is 11.6. The van der Waals surface area contributed by atoms with Crippen LogP contribution in [0.15, 0.2) is 0 Å². The molecular weight excluding hydrogens is 262 g/mol. The van der Waals surface area contributed by atoms with Crippen molar-refractivity contribution in [2.75, 3.05) is 26.2 Å². The van der Waals surface area contributed by atoms with Crippen LogP contribution in [0.25, 0.3) is 0 Å². The molecule has 20 heavy (non-hydrogen) atoms. The molecule has 1 saturated heterocycles. The molecule has 1 aliphatic carbocycles. The van der Waals surface area contributed by atoms with Crippen molar-refractivity contribution < 1.29 is 19.5 Å². The minimum absolute atomic E-state index is 0.0721. The van der Waals surface area contributed by atoms with E-state index in [9.17, 15) is 19.5 Å². The first kappa shape index (κ1) is 14.8. The second-order valence-electron chi connectivity index (χ2n) is 5.63. The molecule has 0 aromatic heterocycles. The summed E-state index contributed by atoms with van der Waals surface area (Å²) in [6.45, 7) is 3.31. The molecule has 2 rings (SSSR count). The van der Waals surface area contributed by atoms with Gasteiger partial charge in [0.25, 0.3) is 0 Å². The topological polar surface area (TPSA) is 98.7 Å². The van der Waals surface area contributed by atoms with Gasteiger partial charge in [-0.25, -0.2) is 4.79 Å². The maximum absolute atomic E-state index is 11.7. The molecule has 1 saturated carbocycles. The molecule has 3 N–H and O–H groups in total. The van der Waals surface area contributed by atoms with E-state index in [0.29, 0.717) is 26.1 Å². The molecule has 2 fully saturated rings. The molecule has 0 spiro atoms. The van der Waals surface area contributed by atoms with Gasteiger partial charge in [-0.1, -0.05) is 6.42 Å². The fourth-order valence-corrected chi connectivity index (χ4v) is 3.44. The van der Waals surface area contributed by atoms with Gasteiger partial charge in [0.2, 0.25) is 5.91 Å². The van der Waals surface area contributed by atoms with Crippen LogP contribution in [0.4, 0.5) is 4.79 Å². The largest absolute Gasteiger partial charge is 0.481 e. The third-order valence-corrected chi connectivity index (χ3v) is 4.32. The summed E-state index contributed by atoms with van der Waals surface area (Å²) in [6.07, 6.45) is 2.53. The Bertz CT molecular complexity index is 426. The smallest absolute Gasteiger partial charge is 0.321 e. The number of fused-ring (bicyclic) bond motifs is 1. The molecular formula is C13H21N3O4. The first-order chi connectivity index (χ1) is 9.48. The van der Waals surface area contributed by atoms with Crippen molar-refractivity contribution in [3.63, 3.8) is 0 Å². The first-order valence-electron chi connectivity index (χ1n) is 7.01. The number of carbonyl (C=O) groups is 3. The summed E-state index contributed by atoms with van der Waals surface area (Å²) in [5, 5.41) is 14.2. The molecule has 0 aromatic rings. The van der Waals surface area contributed by atoms with E-state index in [-0.39, 0.29) is 12.5 Å². The van der Waals surface area contributed by atoms with Crippen LogP contribution < -0.4 is 10.6 Å². The minimum atomic E-state index is -0.758. The summed E-state index contributed by atoms with van der Waals surface area (Å²) in [6, 6.07) is -0.509. The highest BCUT2D eigenvalue weighted by Crippen LogP contribution is 2.48. The molecule has 0 aromatic carbocycles. The van der Waals surface area contributed by atoms with E-state index < -0.39 is 23.3 Å². The number of carboxylic acids is 1. The van der Waals surface area contributed by atoms with E-state index in [1.165, 1.54) is 0 Å². The monoisotopic (exact) mass is 283 g/mol. The number of rotatable bonds is 4. The van der Waals surface area contributed by atoms with Crippen LogP contribution in [0.3, 0.4) is 0 Å². The average Bonchev–Trinajstić information content (AvgIpc) is 2.85. The number of urea groups is 1. The Kier molecular flexibility index (Phi) is 4.27. The quantitative estimate of drug-likeness (QED) is 0.675. The van der Waals surface area contributed by atoms with E-state index in [1.807, 2.05) is 4.90 Å². The molecule has 1 heterocycles. The van der Waals surface area contributed by atoms with E-state index in [4.69, 9.17) is 0 Å². The highest BCUT2D eigenvalue weighted by molar-refractivity contribution is 5.95. The van der Waals surface area contributed by atoms with Gasteiger partial charge < -0.3 is 10.4 Å². The normalized spacial score (nSPS) is 28.9. The average molecular weight is 283 g/mol. The summed E-state index contributed by atoms with van der Waals surface area (Å²) in [4.78, 5) is 36.3. The van der Waals surface area contributed by atoms with Gasteiger partial charge in [-0.15, -0.1) is 0 Å². The SMILES string of the molecule is CCNC(=O)NC(=O)CN1C[C@@H]2CCC[C@@]2(C(=O)O)C1. The number of hydrogen-bond acceptors (Lipinski definition) is 4. The van der Waals surface area contributed by atoms with Crippen LogP contribution in [-0.4, -0.2) is 54.1 Å². The lowest BCUT2D eigenvalue weighted by atomic mass is 9.81. The zero-order valence-electron chi connectivity index (χ0n) is 11.6. The maximum Gasteiger partial charge on any atom is 0.321 e. The zero-order chi connectivity index (χ0) is 14.8. The summed E-state index contributed by atoms with van der Waals surface area (Å²) in [5.41, 5.74) is -0.689. The van der Waals surface area contributed by atoms with Gasteiger partial charge in [0.05, 0.1) is 12.0 Å². The van der Waals surface area contributed by atoms with E-state index in [2.05, 4.69) is 10.6 Å². The fraction of sp³-hybridized carbons (Fsp3) is 0.769. The Morgan fingerprint density at radius 1 is 1.40 bits per heavy atom. The number of nitrogens with one attached hydrogen (secondary N) is 2. The van der Waals surface area contributed by atoms with Crippen LogP contribution in [0.2, 0.25) is 0 Å². The summed E-state index contributed by atoms with van der Waals surface area (Å²) >= 11 is 0. The number of aliphatic carboxylic acids is 1. The molecule has 112 valence electrons. The van der Waals surface area contributed by atoms with E-state index in [1.54, 1.807) is 6.92 Å². The van der Waals surface area contributed by atoms with Crippen molar-refractivity contribution in [3.05, 3.63) is 0 Å². The third-order valence-electron chi connectivity index (χ3n) is 4.32. The van der Waals surface area contributed by atoms with Gasteiger partial charge in [0.15, 0.2) is 0 Å². The van der Waals surface area contributed by atoms with Crippen molar-refractivity contribution in [2.24, 2.45) is 11.3 Å². The third kappa shape index (κ3) is 2.77. The van der Waals surface area contributed by atoms with Gasteiger partial charge in [-0.2, -0.15) is 0 Å². The molecule has 7 heteroatoms. The lowest BCUT2D eigenvalue weighted by Crippen LogP contribution is -2.44. The van der Waals surface area contributed by atoms with Crippen LogP contribution in [0.1, 0.15) is 26.2 Å². The van der Waals surface area contributed by atoms with Gasteiger partial charge >= 0.3 is 12.0 Å². The van der Waals surface area contributed by atoms with E-state index >= 15 is 0 Å². The second-order valence-corrected chi connectivity index (χ2v) is 5.63. The number of nitrogens with zero attached hydrogens (tertiary/aromatic N) is 1. The first-order valence-corrected chi connectivity index (χ1v) is 7.01. The van der Waals surface area contributed by atoms with Crippen LogP contribution in [-0.2, 0) is 9.59 Å². The number of hydrogen-bond donors (Lipinski definition) is 3. The molecule has 0 unspecified atom stereocenters. The van der Waals surface area contributed by atoms with E-state index in [0.717, 1.165) is 12.8 Å². The summed E-state index contributed by atoms with van der Waals surface area (Å²) in [7, 11) is 0. The van der Waals surface area contributed by atoms with Gasteiger partial charge in [-0.05, 0) is 25.7 Å². The number of imide groups is 1. The Morgan fingerprint density at radius 3 is 2.75 bits per heavy atom. The van der Waals surface area contributed by atoms with Crippen molar-refractivity contribution >= 4 is 17.9 Å².